The van der Waals surface area contributed by atoms with Crippen molar-refractivity contribution in [2.75, 3.05) is 19.6 Å². The Hall–Kier alpha value is -1.40. The Bertz CT molecular complexity index is 623. The van der Waals surface area contributed by atoms with Crippen LogP contribution in [0.3, 0.4) is 0 Å². The van der Waals surface area contributed by atoms with E-state index in [9.17, 15) is 13.2 Å². The van der Waals surface area contributed by atoms with Crippen LogP contribution in [0.15, 0.2) is 23.1 Å². The van der Waals surface area contributed by atoms with Crippen LogP contribution in [0.4, 0.5) is 0 Å². The highest BCUT2D eigenvalue weighted by Gasteiger charge is 2.23. The van der Waals surface area contributed by atoms with Gasteiger partial charge in [-0.1, -0.05) is 39.7 Å². The van der Waals surface area contributed by atoms with Gasteiger partial charge in [-0.3, -0.25) is 4.79 Å². The van der Waals surface area contributed by atoms with Crippen LogP contribution in [0.2, 0.25) is 0 Å². The van der Waals surface area contributed by atoms with E-state index in [-0.39, 0.29) is 10.8 Å². The van der Waals surface area contributed by atoms with Crippen molar-refractivity contribution in [3.8, 4) is 0 Å². The van der Waals surface area contributed by atoms with Gasteiger partial charge in [-0.15, -0.1) is 0 Å². The summed E-state index contributed by atoms with van der Waals surface area (Å²) in [5.74, 6) is -0.213. The van der Waals surface area contributed by atoms with Crippen LogP contribution in [0, 0.1) is 6.92 Å². The second-order valence-electron chi connectivity index (χ2n) is 5.53. The first kappa shape index (κ1) is 19.6. The molecule has 0 aliphatic heterocycles. The molecule has 0 radical (unpaired) electrons. The van der Waals surface area contributed by atoms with E-state index in [0.717, 1.165) is 24.8 Å². The molecular weight excluding hydrogens is 312 g/mol. The van der Waals surface area contributed by atoms with Crippen molar-refractivity contribution in [1.29, 1.82) is 0 Å². The highest BCUT2D eigenvalue weighted by atomic mass is 32.2. The molecule has 1 N–H and O–H groups in total. The first-order valence-corrected chi connectivity index (χ1v) is 9.71. The number of hydrogen-bond donors (Lipinski definition) is 1. The maximum Gasteiger partial charge on any atom is 0.251 e. The molecule has 0 spiro atoms. The Morgan fingerprint density at radius 3 is 2.35 bits per heavy atom. The summed E-state index contributed by atoms with van der Waals surface area (Å²) in [7, 11) is -3.55. The zero-order chi connectivity index (χ0) is 17.5. The van der Waals surface area contributed by atoms with Crippen molar-refractivity contribution in [3.05, 3.63) is 29.3 Å². The number of nitrogens with one attached hydrogen (secondary N) is 1. The molecule has 1 aromatic rings. The summed E-state index contributed by atoms with van der Waals surface area (Å²) in [4.78, 5) is 12.5. The van der Waals surface area contributed by atoms with E-state index in [1.165, 1.54) is 10.4 Å². The number of carbonyl (C=O) groups excluding carboxylic acids is 1. The molecule has 1 aromatic carbocycles. The Kier molecular flexibility index (Phi) is 7.72. The standard InChI is InChI=1S/C17H28N2O3S/c1-5-8-9-12-18-17(20)16-13-15(11-10-14(16)4)23(21,22)19(6-2)7-3/h10-11,13H,5-9,12H2,1-4H3,(H,18,20). The van der Waals surface area contributed by atoms with Crippen LogP contribution < -0.4 is 5.32 Å². The second-order valence-corrected chi connectivity index (χ2v) is 7.47. The third kappa shape index (κ3) is 5.04. The van der Waals surface area contributed by atoms with Gasteiger partial charge in [-0.25, -0.2) is 8.42 Å². The minimum Gasteiger partial charge on any atom is -0.352 e. The molecule has 5 nitrogen and oxygen atoms in total. The molecule has 0 bridgehead atoms. The largest absolute Gasteiger partial charge is 0.352 e. The number of hydrogen-bond acceptors (Lipinski definition) is 3. The number of rotatable bonds is 9. The van der Waals surface area contributed by atoms with Gasteiger partial charge in [0.25, 0.3) is 5.91 Å². The summed E-state index contributed by atoms with van der Waals surface area (Å²) in [6.07, 6.45) is 3.08. The van der Waals surface area contributed by atoms with Gasteiger partial charge in [-0.05, 0) is 31.0 Å². The lowest BCUT2D eigenvalue weighted by Crippen LogP contribution is -2.31. The van der Waals surface area contributed by atoms with Crippen LogP contribution >= 0.6 is 0 Å². The molecule has 0 heterocycles. The number of amides is 1. The van der Waals surface area contributed by atoms with Gasteiger partial charge < -0.3 is 5.32 Å². The van der Waals surface area contributed by atoms with E-state index in [4.69, 9.17) is 0 Å². The number of carbonyl (C=O) groups is 1. The van der Waals surface area contributed by atoms with Crippen LogP contribution in [0.25, 0.3) is 0 Å². The maximum absolute atomic E-state index is 12.6. The number of sulfonamides is 1. The quantitative estimate of drug-likeness (QED) is 0.703. The molecular formula is C17H28N2O3S. The van der Waals surface area contributed by atoms with E-state index < -0.39 is 10.0 Å². The molecule has 6 heteroatoms. The van der Waals surface area contributed by atoms with Crippen LogP contribution in [-0.4, -0.2) is 38.3 Å². The zero-order valence-electron chi connectivity index (χ0n) is 14.6. The molecule has 0 atom stereocenters. The van der Waals surface area contributed by atoms with E-state index in [1.807, 2.05) is 6.92 Å². The van der Waals surface area contributed by atoms with Crippen molar-refractivity contribution in [3.63, 3.8) is 0 Å². The monoisotopic (exact) mass is 340 g/mol. The van der Waals surface area contributed by atoms with E-state index in [1.54, 1.807) is 26.0 Å². The Labute approximate surface area is 140 Å². The fraction of sp³-hybridized carbons (Fsp3) is 0.588. The summed E-state index contributed by atoms with van der Waals surface area (Å²) in [5, 5.41) is 2.86. The van der Waals surface area contributed by atoms with E-state index in [2.05, 4.69) is 12.2 Å². The molecule has 1 rings (SSSR count). The lowest BCUT2D eigenvalue weighted by molar-refractivity contribution is 0.0952. The highest BCUT2D eigenvalue weighted by Crippen LogP contribution is 2.19. The van der Waals surface area contributed by atoms with Gasteiger partial charge >= 0.3 is 0 Å². The van der Waals surface area contributed by atoms with Crippen molar-refractivity contribution in [1.82, 2.24) is 9.62 Å². The first-order valence-electron chi connectivity index (χ1n) is 8.27. The molecule has 23 heavy (non-hydrogen) atoms. The summed E-state index contributed by atoms with van der Waals surface area (Å²) in [5.41, 5.74) is 1.20. The highest BCUT2D eigenvalue weighted by molar-refractivity contribution is 7.89. The third-order valence-electron chi connectivity index (χ3n) is 3.86. The minimum absolute atomic E-state index is 0.172. The predicted molar refractivity (Wildman–Crippen MR) is 93.1 cm³/mol. The fourth-order valence-corrected chi connectivity index (χ4v) is 3.88. The molecule has 0 unspecified atom stereocenters. The molecule has 0 aliphatic carbocycles. The third-order valence-corrected chi connectivity index (χ3v) is 5.91. The molecule has 0 fully saturated rings. The van der Waals surface area contributed by atoms with Gasteiger partial charge in [0.2, 0.25) is 10.0 Å². The van der Waals surface area contributed by atoms with Crippen molar-refractivity contribution >= 4 is 15.9 Å². The van der Waals surface area contributed by atoms with Crippen molar-refractivity contribution in [2.24, 2.45) is 0 Å². The summed E-state index contributed by atoms with van der Waals surface area (Å²) >= 11 is 0. The van der Waals surface area contributed by atoms with Crippen LogP contribution in [0.1, 0.15) is 56.0 Å². The van der Waals surface area contributed by atoms with E-state index >= 15 is 0 Å². The van der Waals surface area contributed by atoms with Gasteiger partial charge in [0.05, 0.1) is 4.90 Å². The fourth-order valence-electron chi connectivity index (χ4n) is 2.39. The van der Waals surface area contributed by atoms with Gasteiger partial charge in [-0.2, -0.15) is 4.31 Å². The maximum atomic E-state index is 12.6. The molecule has 0 saturated heterocycles. The van der Waals surface area contributed by atoms with Gasteiger partial charge in [0.15, 0.2) is 0 Å². The Balaban J connectivity index is 3.01. The molecule has 130 valence electrons. The topological polar surface area (TPSA) is 66.5 Å². The van der Waals surface area contributed by atoms with Crippen LogP contribution in [-0.2, 0) is 10.0 Å². The minimum atomic E-state index is -3.55. The van der Waals surface area contributed by atoms with Gasteiger partial charge in [0, 0.05) is 25.2 Å². The van der Waals surface area contributed by atoms with Crippen molar-refractivity contribution < 1.29 is 13.2 Å². The first-order chi connectivity index (χ1) is 10.9. The SMILES string of the molecule is CCCCCNC(=O)c1cc(S(=O)(=O)N(CC)CC)ccc1C. The summed E-state index contributed by atoms with van der Waals surface area (Å²) in [6, 6.07) is 4.74. The molecule has 0 aliphatic rings. The number of aryl methyl sites for hydroxylation is 1. The van der Waals surface area contributed by atoms with Crippen LogP contribution in [0.5, 0.6) is 0 Å². The normalized spacial score (nSPS) is 11.7. The second kappa shape index (κ2) is 9.03. The number of benzene rings is 1. The lowest BCUT2D eigenvalue weighted by Gasteiger charge is -2.19. The van der Waals surface area contributed by atoms with Gasteiger partial charge in [0.1, 0.15) is 0 Å². The molecule has 0 aromatic heterocycles. The number of unbranched alkanes of at least 4 members (excludes halogenated alkanes) is 2. The zero-order valence-corrected chi connectivity index (χ0v) is 15.4. The number of nitrogens with zero attached hydrogens (tertiary/aromatic N) is 1. The summed E-state index contributed by atoms with van der Waals surface area (Å²) in [6.45, 7) is 8.95. The van der Waals surface area contributed by atoms with E-state index in [0.29, 0.717) is 25.2 Å². The smallest absolute Gasteiger partial charge is 0.251 e. The lowest BCUT2D eigenvalue weighted by atomic mass is 10.1. The average molecular weight is 340 g/mol. The predicted octanol–water partition coefficient (Wildman–Crippen LogP) is 2.95. The Morgan fingerprint density at radius 2 is 1.78 bits per heavy atom. The summed E-state index contributed by atoms with van der Waals surface area (Å²) < 4.78 is 26.5. The average Bonchev–Trinajstić information content (AvgIpc) is 2.52. The Morgan fingerprint density at radius 1 is 1.13 bits per heavy atom. The molecule has 1 amide bonds. The van der Waals surface area contributed by atoms with Crippen molar-refractivity contribution in [2.45, 2.75) is 51.9 Å². The molecule has 0 saturated carbocycles.